The number of pyridine rings is 1. The Bertz CT molecular complexity index is 1600. The number of rotatable bonds is 3. The Morgan fingerprint density at radius 1 is 1.12 bits per heavy atom. The number of hydrogen-bond donors (Lipinski definition) is 2. The number of fused-ring (bicyclic) bond motifs is 2. The topological polar surface area (TPSA) is 119 Å². The van der Waals surface area contributed by atoms with Gasteiger partial charge in [-0.05, 0) is 53.1 Å². The van der Waals surface area contributed by atoms with Crippen LogP contribution in [0.3, 0.4) is 0 Å². The predicted molar refractivity (Wildman–Crippen MR) is 111 cm³/mol. The Morgan fingerprint density at radius 3 is 2.70 bits per heavy atom. The number of nitrogens with zero attached hydrogens (tertiary/aromatic N) is 4. The fourth-order valence-corrected chi connectivity index (χ4v) is 3.67. The third kappa shape index (κ3) is 3.41. The Labute approximate surface area is 181 Å². The minimum absolute atomic E-state index is 0.0168. The first-order chi connectivity index (χ1) is 15.7. The van der Waals surface area contributed by atoms with E-state index in [1.165, 1.54) is 42.6 Å². The molecule has 0 aliphatic carbocycles. The van der Waals surface area contributed by atoms with E-state index in [9.17, 15) is 22.8 Å². The van der Waals surface area contributed by atoms with E-state index < -0.39 is 28.9 Å². The molecule has 0 fully saturated rings. The molecule has 5 aromatic rings. The van der Waals surface area contributed by atoms with Crippen molar-refractivity contribution in [1.29, 1.82) is 0 Å². The summed E-state index contributed by atoms with van der Waals surface area (Å²) in [6.45, 7) is 1.68. The predicted octanol–water partition coefficient (Wildman–Crippen LogP) is 3.83. The molecule has 0 saturated heterocycles. The number of halogens is 3. The largest absolute Gasteiger partial charge is 0.434 e. The van der Waals surface area contributed by atoms with E-state index in [4.69, 9.17) is 0 Å². The summed E-state index contributed by atoms with van der Waals surface area (Å²) in [6, 6.07) is 8.82. The molecule has 0 atom stereocenters. The highest BCUT2D eigenvalue weighted by Crippen LogP contribution is 2.35. The molecule has 0 aliphatic rings. The number of nitrogens with one attached hydrogen (secondary N) is 2. The first-order valence-electron chi connectivity index (χ1n) is 9.54. The van der Waals surface area contributed by atoms with Crippen LogP contribution in [0.4, 0.5) is 18.9 Å². The molecule has 0 saturated carbocycles. The van der Waals surface area contributed by atoms with Crippen LogP contribution in [-0.4, -0.2) is 31.0 Å². The third-order valence-electron chi connectivity index (χ3n) is 5.14. The fourth-order valence-electron chi connectivity index (χ4n) is 3.67. The molecule has 0 aliphatic heterocycles. The lowest BCUT2D eigenvalue weighted by atomic mass is 10.1. The zero-order chi connectivity index (χ0) is 23.3. The molecule has 166 valence electrons. The quantitative estimate of drug-likeness (QED) is 0.428. The maximum Gasteiger partial charge on any atom is 0.434 e. The van der Waals surface area contributed by atoms with Crippen molar-refractivity contribution < 1.29 is 22.6 Å². The van der Waals surface area contributed by atoms with Gasteiger partial charge in [-0.15, -0.1) is 0 Å². The molecule has 33 heavy (non-hydrogen) atoms. The number of aromatic nitrogens is 5. The summed E-state index contributed by atoms with van der Waals surface area (Å²) in [4.78, 5) is 27.6. The number of H-pyrrole nitrogens is 1. The second kappa shape index (κ2) is 7.29. The Kier molecular flexibility index (Phi) is 4.51. The van der Waals surface area contributed by atoms with Crippen molar-refractivity contribution in [2.75, 3.05) is 5.32 Å². The Morgan fingerprint density at radius 2 is 1.91 bits per heavy atom. The van der Waals surface area contributed by atoms with Crippen LogP contribution in [0.5, 0.6) is 0 Å². The number of carbonyl (C=O) groups excluding carboxylic acids is 1. The lowest BCUT2D eigenvalue weighted by Gasteiger charge is -2.15. The molecule has 9 nitrogen and oxygen atoms in total. The van der Waals surface area contributed by atoms with E-state index in [1.54, 1.807) is 6.92 Å². The highest BCUT2D eigenvalue weighted by Gasteiger charge is 2.41. The first kappa shape index (κ1) is 20.4. The average Bonchev–Trinajstić information content (AvgIpc) is 3.40. The zero-order valence-electron chi connectivity index (χ0n) is 16.8. The van der Waals surface area contributed by atoms with Crippen molar-refractivity contribution in [3.63, 3.8) is 0 Å². The molecule has 2 aromatic carbocycles. The van der Waals surface area contributed by atoms with Crippen LogP contribution in [0.2, 0.25) is 0 Å². The van der Waals surface area contributed by atoms with Crippen LogP contribution in [0.15, 0.2) is 58.2 Å². The van der Waals surface area contributed by atoms with Crippen LogP contribution in [0, 0.1) is 6.92 Å². The maximum absolute atomic E-state index is 14.1. The van der Waals surface area contributed by atoms with Gasteiger partial charge in [0.25, 0.3) is 11.5 Å². The monoisotopic (exact) mass is 454 g/mol. The van der Waals surface area contributed by atoms with Crippen LogP contribution in [0.1, 0.15) is 21.6 Å². The third-order valence-corrected chi connectivity index (χ3v) is 5.14. The van der Waals surface area contributed by atoms with Gasteiger partial charge in [0.1, 0.15) is 11.0 Å². The first-order valence-corrected chi connectivity index (χ1v) is 9.54. The summed E-state index contributed by atoms with van der Waals surface area (Å²) in [5, 5.41) is 14.0. The minimum atomic E-state index is -4.92. The second-order valence-electron chi connectivity index (χ2n) is 7.24. The summed E-state index contributed by atoms with van der Waals surface area (Å²) in [6.07, 6.45) is -2.73. The van der Waals surface area contributed by atoms with Gasteiger partial charge in [-0.25, -0.2) is 9.31 Å². The summed E-state index contributed by atoms with van der Waals surface area (Å²) < 4.78 is 47.5. The van der Waals surface area contributed by atoms with Crippen LogP contribution in [-0.2, 0) is 6.18 Å². The van der Waals surface area contributed by atoms with Crippen LogP contribution in [0.25, 0.3) is 27.5 Å². The van der Waals surface area contributed by atoms with E-state index in [2.05, 4.69) is 30.3 Å². The molecule has 12 heteroatoms. The van der Waals surface area contributed by atoms with Gasteiger partial charge < -0.3 is 10.3 Å². The van der Waals surface area contributed by atoms with E-state index in [0.29, 0.717) is 21.3 Å². The Hall–Kier alpha value is -4.48. The molecule has 0 radical (unpaired) electrons. The molecule has 5 rings (SSSR count). The standard InChI is InChI=1S/C21H13F3N6O3/c1-10-2-5-16(12-6-7-25-20(32)17(10)12)30-18(21(22,23)24)13(9-26-30)19(31)27-11-3-4-14-15(8-11)29-33-28-14/h2-9H,1H3,(H,25,32)(H,27,31). The molecule has 0 spiro atoms. The van der Waals surface area contributed by atoms with Crippen molar-refractivity contribution in [2.24, 2.45) is 0 Å². The summed E-state index contributed by atoms with van der Waals surface area (Å²) in [5.41, 5.74) is -0.821. The van der Waals surface area contributed by atoms with Crippen molar-refractivity contribution in [1.82, 2.24) is 25.1 Å². The highest BCUT2D eigenvalue weighted by atomic mass is 19.4. The number of aryl methyl sites for hydroxylation is 1. The number of amides is 1. The van der Waals surface area contributed by atoms with Gasteiger partial charge in [-0.1, -0.05) is 6.07 Å². The van der Waals surface area contributed by atoms with E-state index in [-0.39, 0.29) is 22.1 Å². The van der Waals surface area contributed by atoms with Gasteiger partial charge >= 0.3 is 6.18 Å². The van der Waals surface area contributed by atoms with Gasteiger partial charge in [0, 0.05) is 17.3 Å². The lowest BCUT2D eigenvalue weighted by Crippen LogP contribution is -2.21. The lowest BCUT2D eigenvalue weighted by molar-refractivity contribution is -0.143. The second-order valence-corrected chi connectivity index (χ2v) is 7.24. The number of hydrogen-bond acceptors (Lipinski definition) is 6. The molecule has 3 aromatic heterocycles. The van der Waals surface area contributed by atoms with Crippen LogP contribution >= 0.6 is 0 Å². The molecule has 3 heterocycles. The van der Waals surface area contributed by atoms with E-state index in [0.717, 1.165) is 6.20 Å². The number of aromatic amines is 1. The highest BCUT2D eigenvalue weighted by molar-refractivity contribution is 6.06. The van der Waals surface area contributed by atoms with Crippen molar-refractivity contribution >= 4 is 33.4 Å². The van der Waals surface area contributed by atoms with Crippen molar-refractivity contribution in [2.45, 2.75) is 13.1 Å². The number of anilines is 1. The molecule has 0 unspecified atom stereocenters. The summed E-state index contributed by atoms with van der Waals surface area (Å²) in [7, 11) is 0. The molecular weight excluding hydrogens is 441 g/mol. The minimum Gasteiger partial charge on any atom is -0.329 e. The zero-order valence-corrected chi connectivity index (χ0v) is 16.8. The smallest absolute Gasteiger partial charge is 0.329 e. The summed E-state index contributed by atoms with van der Waals surface area (Å²) in [5.74, 6) is -1.02. The van der Waals surface area contributed by atoms with Gasteiger partial charge in [0.2, 0.25) is 0 Å². The normalized spacial score (nSPS) is 11.9. The van der Waals surface area contributed by atoms with E-state index >= 15 is 0 Å². The number of carbonyl (C=O) groups is 1. The SMILES string of the molecule is Cc1ccc(-n2ncc(C(=O)Nc3ccc4nonc4c3)c2C(F)(F)F)c2cc[nH]c(=O)c12. The van der Waals surface area contributed by atoms with Crippen LogP contribution < -0.4 is 10.9 Å². The molecule has 0 bridgehead atoms. The molecular formula is C21H13F3N6O3. The fraction of sp³-hybridized carbons (Fsp3) is 0.0952. The molecule has 1 amide bonds. The maximum atomic E-state index is 14.1. The van der Waals surface area contributed by atoms with Gasteiger partial charge in [0.05, 0.1) is 22.8 Å². The van der Waals surface area contributed by atoms with Gasteiger partial charge in [-0.2, -0.15) is 18.3 Å². The van der Waals surface area contributed by atoms with E-state index in [1.807, 2.05) is 0 Å². The summed E-state index contributed by atoms with van der Waals surface area (Å²) >= 11 is 0. The molecule has 2 N–H and O–H groups in total. The van der Waals surface area contributed by atoms with Gasteiger partial charge in [0.15, 0.2) is 5.69 Å². The number of alkyl halides is 3. The average molecular weight is 454 g/mol. The Balaban J connectivity index is 1.63. The van der Waals surface area contributed by atoms with Crippen molar-refractivity contribution in [3.05, 3.63) is 76.0 Å². The van der Waals surface area contributed by atoms with Crippen molar-refractivity contribution in [3.8, 4) is 5.69 Å². The van der Waals surface area contributed by atoms with Gasteiger partial charge in [-0.3, -0.25) is 9.59 Å². The number of benzene rings is 2.